The second-order valence-corrected chi connectivity index (χ2v) is 9.11. The van der Waals surface area contributed by atoms with Crippen LogP contribution in [-0.2, 0) is 6.42 Å². The topological polar surface area (TPSA) is 29.5 Å². The average Bonchev–Trinajstić information content (AvgIpc) is 2.90. The van der Waals surface area contributed by atoms with Gasteiger partial charge in [-0.05, 0) is 90.9 Å². The maximum atomic E-state index is 11.1. The first-order chi connectivity index (χ1) is 12.1. The van der Waals surface area contributed by atoms with Crippen LogP contribution in [0.5, 0.6) is 5.75 Å². The third-order valence-corrected chi connectivity index (χ3v) is 7.98. The lowest BCUT2D eigenvalue weighted by atomic mass is 9.55. The number of fused-ring (bicyclic) bond motifs is 5. The van der Waals surface area contributed by atoms with Crippen molar-refractivity contribution in [2.45, 2.75) is 77.2 Å². The molecular formula is C23H34O2. The molecule has 0 unspecified atom stereocenters. The highest BCUT2D eigenvalue weighted by Gasteiger charge is 2.57. The van der Waals surface area contributed by atoms with Crippen molar-refractivity contribution in [2.24, 2.45) is 23.2 Å². The van der Waals surface area contributed by atoms with E-state index in [0.29, 0.717) is 17.8 Å². The van der Waals surface area contributed by atoms with Crippen LogP contribution in [0.2, 0.25) is 0 Å². The SMILES string of the molecule is CCCC[C@H]1C[C@H]2[C@@H]3CCc4cc(OC)ccc4[C@H]3CC[C@]2(C)[C@H]1O. The molecular weight excluding hydrogens is 308 g/mol. The van der Waals surface area contributed by atoms with E-state index in [1.54, 1.807) is 12.7 Å². The van der Waals surface area contributed by atoms with Crippen LogP contribution in [0.3, 0.4) is 0 Å². The molecule has 2 saturated carbocycles. The number of aliphatic hydroxyl groups excluding tert-OH is 1. The Labute approximate surface area is 153 Å². The molecule has 2 fully saturated rings. The minimum Gasteiger partial charge on any atom is -0.497 e. The third kappa shape index (κ3) is 2.72. The van der Waals surface area contributed by atoms with E-state index in [9.17, 15) is 5.11 Å². The molecule has 3 aliphatic carbocycles. The summed E-state index contributed by atoms with van der Waals surface area (Å²) in [4.78, 5) is 0. The Balaban J connectivity index is 1.60. The van der Waals surface area contributed by atoms with Crippen LogP contribution < -0.4 is 4.74 Å². The van der Waals surface area contributed by atoms with Gasteiger partial charge in [0.05, 0.1) is 13.2 Å². The summed E-state index contributed by atoms with van der Waals surface area (Å²) >= 11 is 0. The maximum absolute atomic E-state index is 11.1. The minimum atomic E-state index is -0.0812. The van der Waals surface area contributed by atoms with Gasteiger partial charge in [-0.2, -0.15) is 0 Å². The number of aliphatic hydroxyl groups is 1. The lowest BCUT2D eigenvalue weighted by Crippen LogP contribution is -2.44. The summed E-state index contributed by atoms with van der Waals surface area (Å²) in [5.41, 5.74) is 3.24. The molecule has 0 spiro atoms. The van der Waals surface area contributed by atoms with Crippen LogP contribution in [0.15, 0.2) is 18.2 Å². The van der Waals surface area contributed by atoms with Gasteiger partial charge in [-0.25, -0.2) is 0 Å². The molecule has 0 aromatic heterocycles. The fourth-order valence-electron chi connectivity index (χ4n) is 6.58. The lowest BCUT2D eigenvalue weighted by Gasteiger charge is -2.50. The van der Waals surface area contributed by atoms with Crippen LogP contribution >= 0.6 is 0 Å². The van der Waals surface area contributed by atoms with E-state index < -0.39 is 0 Å². The highest BCUT2D eigenvalue weighted by atomic mass is 16.5. The van der Waals surface area contributed by atoms with Crippen molar-refractivity contribution in [1.29, 1.82) is 0 Å². The summed E-state index contributed by atoms with van der Waals surface area (Å²) < 4.78 is 5.43. The highest BCUT2D eigenvalue weighted by Crippen LogP contribution is 2.62. The molecule has 3 aliphatic rings. The third-order valence-electron chi connectivity index (χ3n) is 7.98. The Morgan fingerprint density at radius 3 is 2.88 bits per heavy atom. The molecule has 6 atom stereocenters. The summed E-state index contributed by atoms with van der Waals surface area (Å²) in [6.45, 7) is 4.66. The standard InChI is InChI=1S/C23H34O2/c1-4-5-6-16-14-21-20-9-7-15-13-17(25-3)8-10-18(15)19(20)11-12-23(21,2)22(16)24/h8,10,13,16,19-22,24H,4-7,9,11-12,14H2,1-3H3/t16-,19+,20+,21-,22-,23-/m0/s1. The van der Waals surface area contributed by atoms with E-state index >= 15 is 0 Å². The van der Waals surface area contributed by atoms with Gasteiger partial charge in [0.2, 0.25) is 0 Å². The number of unbranched alkanes of at least 4 members (excludes halogenated alkanes) is 1. The van der Waals surface area contributed by atoms with Crippen LogP contribution in [0, 0.1) is 23.2 Å². The molecule has 25 heavy (non-hydrogen) atoms. The summed E-state index contributed by atoms with van der Waals surface area (Å²) in [5.74, 6) is 3.70. The van der Waals surface area contributed by atoms with E-state index in [4.69, 9.17) is 4.74 Å². The monoisotopic (exact) mass is 342 g/mol. The number of ether oxygens (including phenoxy) is 1. The van der Waals surface area contributed by atoms with Gasteiger partial charge in [-0.15, -0.1) is 0 Å². The normalized spacial score (nSPS) is 39.4. The van der Waals surface area contributed by atoms with Crippen molar-refractivity contribution in [3.8, 4) is 5.75 Å². The molecule has 1 aromatic carbocycles. The quantitative estimate of drug-likeness (QED) is 0.801. The van der Waals surface area contributed by atoms with Gasteiger partial charge < -0.3 is 9.84 Å². The average molecular weight is 343 g/mol. The molecule has 1 N–H and O–H groups in total. The molecule has 2 heteroatoms. The van der Waals surface area contributed by atoms with Crippen LogP contribution in [0.4, 0.5) is 0 Å². The Kier molecular flexibility index (Phi) is 4.60. The maximum Gasteiger partial charge on any atom is 0.119 e. The predicted octanol–water partition coefficient (Wildman–Crippen LogP) is 5.33. The zero-order valence-corrected chi connectivity index (χ0v) is 16.1. The van der Waals surface area contributed by atoms with E-state index in [2.05, 4.69) is 32.0 Å². The van der Waals surface area contributed by atoms with Gasteiger partial charge in [0, 0.05) is 0 Å². The first kappa shape index (κ1) is 17.4. The van der Waals surface area contributed by atoms with Crippen molar-refractivity contribution < 1.29 is 9.84 Å². The molecule has 1 aromatic rings. The summed E-state index contributed by atoms with van der Waals surface area (Å²) in [7, 11) is 1.76. The Hall–Kier alpha value is -1.02. The fraction of sp³-hybridized carbons (Fsp3) is 0.739. The van der Waals surface area contributed by atoms with Crippen molar-refractivity contribution in [1.82, 2.24) is 0 Å². The second kappa shape index (κ2) is 6.61. The Bertz CT molecular complexity index is 625. The summed E-state index contributed by atoms with van der Waals surface area (Å²) in [6.07, 6.45) is 9.80. The first-order valence-electron chi connectivity index (χ1n) is 10.4. The van der Waals surface area contributed by atoms with Crippen molar-refractivity contribution in [3.05, 3.63) is 29.3 Å². The molecule has 4 rings (SSSR count). The second-order valence-electron chi connectivity index (χ2n) is 9.11. The van der Waals surface area contributed by atoms with Gasteiger partial charge in [0.15, 0.2) is 0 Å². The number of rotatable bonds is 4. The predicted molar refractivity (Wildman–Crippen MR) is 102 cm³/mol. The Morgan fingerprint density at radius 1 is 1.28 bits per heavy atom. The molecule has 0 saturated heterocycles. The fourth-order valence-corrected chi connectivity index (χ4v) is 6.58. The van der Waals surface area contributed by atoms with E-state index in [0.717, 1.165) is 11.7 Å². The van der Waals surface area contributed by atoms with Crippen molar-refractivity contribution in [2.75, 3.05) is 7.11 Å². The van der Waals surface area contributed by atoms with Crippen LogP contribution in [0.1, 0.15) is 75.8 Å². The molecule has 0 amide bonds. The van der Waals surface area contributed by atoms with Crippen LogP contribution in [0.25, 0.3) is 0 Å². The Morgan fingerprint density at radius 2 is 2.12 bits per heavy atom. The highest BCUT2D eigenvalue weighted by molar-refractivity contribution is 5.40. The minimum absolute atomic E-state index is 0.0812. The lowest BCUT2D eigenvalue weighted by molar-refractivity contribution is -0.0335. The molecule has 138 valence electrons. The number of hydrogen-bond donors (Lipinski definition) is 1. The zero-order valence-electron chi connectivity index (χ0n) is 16.1. The first-order valence-corrected chi connectivity index (χ1v) is 10.4. The number of benzene rings is 1. The van der Waals surface area contributed by atoms with Gasteiger partial charge >= 0.3 is 0 Å². The molecule has 0 bridgehead atoms. The molecule has 0 aliphatic heterocycles. The van der Waals surface area contributed by atoms with Gasteiger partial charge in [0.25, 0.3) is 0 Å². The van der Waals surface area contributed by atoms with E-state index in [1.807, 2.05) is 0 Å². The number of aryl methyl sites for hydroxylation is 1. The molecule has 2 nitrogen and oxygen atoms in total. The summed E-state index contributed by atoms with van der Waals surface area (Å²) in [5, 5.41) is 11.1. The summed E-state index contributed by atoms with van der Waals surface area (Å²) in [6, 6.07) is 6.73. The number of methoxy groups -OCH3 is 1. The van der Waals surface area contributed by atoms with Crippen molar-refractivity contribution >= 4 is 0 Å². The zero-order chi connectivity index (χ0) is 17.6. The smallest absolute Gasteiger partial charge is 0.119 e. The van der Waals surface area contributed by atoms with Crippen molar-refractivity contribution in [3.63, 3.8) is 0 Å². The van der Waals surface area contributed by atoms with Crippen LogP contribution in [-0.4, -0.2) is 18.3 Å². The van der Waals surface area contributed by atoms with E-state index in [1.165, 1.54) is 56.9 Å². The molecule has 0 heterocycles. The number of hydrogen-bond acceptors (Lipinski definition) is 2. The van der Waals surface area contributed by atoms with E-state index in [-0.39, 0.29) is 11.5 Å². The van der Waals surface area contributed by atoms with Gasteiger partial charge in [0.1, 0.15) is 5.75 Å². The molecule has 0 radical (unpaired) electrons. The largest absolute Gasteiger partial charge is 0.497 e. The van der Waals surface area contributed by atoms with Gasteiger partial charge in [-0.3, -0.25) is 0 Å². The van der Waals surface area contributed by atoms with Gasteiger partial charge in [-0.1, -0.05) is 32.8 Å².